The Hall–Kier alpha value is -0.313. The topological polar surface area (TPSA) is 29.1 Å². The number of rotatable bonds is 1. The highest BCUT2D eigenvalue weighted by molar-refractivity contribution is 6.80. The highest BCUT2D eigenvalue weighted by Crippen LogP contribution is 2.28. The highest BCUT2D eigenvalue weighted by Gasteiger charge is 2.34. The van der Waals surface area contributed by atoms with Crippen LogP contribution < -0.4 is 5.32 Å². The predicted octanol–water partition coefficient (Wildman–Crippen LogP) is 1.60. The van der Waals surface area contributed by atoms with Crippen molar-refractivity contribution in [3.63, 3.8) is 0 Å². The van der Waals surface area contributed by atoms with Crippen molar-refractivity contribution in [3.05, 3.63) is 0 Å². The van der Waals surface area contributed by atoms with Crippen LogP contribution in [0, 0.1) is 0 Å². The third-order valence-corrected chi connectivity index (χ3v) is 4.97. The van der Waals surface area contributed by atoms with Gasteiger partial charge in [0.25, 0.3) is 0 Å². The minimum atomic E-state index is -1.23. The van der Waals surface area contributed by atoms with E-state index >= 15 is 0 Å². The zero-order valence-corrected chi connectivity index (χ0v) is 8.61. The molecule has 0 bridgehead atoms. The van der Waals surface area contributed by atoms with E-state index in [1.54, 1.807) is 0 Å². The van der Waals surface area contributed by atoms with Gasteiger partial charge >= 0.3 is 0 Å². The zero-order valence-electron chi connectivity index (χ0n) is 7.61. The van der Waals surface area contributed by atoms with E-state index in [9.17, 15) is 4.79 Å². The maximum absolute atomic E-state index is 11.4. The second-order valence-corrected chi connectivity index (χ2v) is 9.78. The second-order valence-electron chi connectivity index (χ2n) is 4.35. The first-order valence-corrected chi connectivity index (χ1v) is 7.87. The molecule has 0 saturated carbocycles. The molecule has 1 atom stereocenters. The fraction of sp³-hybridized carbons (Fsp3) is 0.875. The fourth-order valence-electron chi connectivity index (χ4n) is 1.60. The van der Waals surface area contributed by atoms with Crippen molar-refractivity contribution >= 4 is 14.0 Å². The molecule has 1 heterocycles. The molecule has 3 heteroatoms. The molecule has 1 N–H and O–H groups in total. The van der Waals surface area contributed by atoms with Crippen LogP contribution in [-0.2, 0) is 4.79 Å². The fourth-order valence-corrected chi connectivity index (χ4v) is 3.56. The number of piperidine rings is 1. The Labute approximate surface area is 69.4 Å². The van der Waals surface area contributed by atoms with E-state index in [-0.39, 0.29) is 0 Å². The molecule has 0 aliphatic carbocycles. The Bertz CT molecular complexity index is 162. The summed E-state index contributed by atoms with van der Waals surface area (Å²) >= 11 is 0. The van der Waals surface area contributed by atoms with Gasteiger partial charge in [0.05, 0.1) is 8.07 Å². The zero-order chi connectivity index (χ0) is 8.48. The smallest absolute Gasteiger partial charge is 0.220 e. The summed E-state index contributed by atoms with van der Waals surface area (Å²) in [5, 5.41) is 2.93. The van der Waals surface area contributed by atoms with Crippen LogP contribution in [0.4, 0.5) is 0 Å². The normalized spacial score (nSPS) is 26.5. The lowest BCUT2D eigenvalue weighted by atomic mass is 10.1. The van der Waals surface area contributed by atoms with Crippen LogP contribution in [-0.4, -0.2) is 20.5 Å². The molecule has 64 valence electrons. The van der Waals surface area contributed by atoms with E-state index in [0.717, 1.165) is 13.0 Å². The SMILES string of the molecule is C[Si](C)(C)C1CCCNC1=O. The lowest BCUT2D eigenvalue weighted by Gasteiger charge is -2.31. The van der Waals surface area contributed by atoms with E-state index < -0.39 is 8.07 Å². The maximum atomic E-state index is 11.4. The number of amides is 1. The number of hydrogen-bond donors (Lipinski definition) is 1. The summed E-state index contributed by atoms with van der Waals surface area (Å²) in [6.45, 7) is 7.69. The Morgan fingerprint density at radius 2 is 2.09 bits per heavy atom. The molecule has 2 nitrogen and oxygen atoms in total. The molecule has 1 aliphatic rings. The third-order valence-electron chi connectivity index (χ3n) is 2.33. The van der Waals surface area contributed by atoms with Gasteiger partial charge in [-0.05, 0) is 12.8 Å². The van der Waals surface area contributed by atoms with Crippen molar-refractivity contribution in [1.29, 1.82) is 0 Å². The first-order valence-electron chi connectivity index (χ1n) is 4.29. The first-order chi connectivity index (χ1) is 5.02. The summed E-state index contributed by atoms with van der Waals surface area (Å²) < 4.78 is 0. The van der Waals surface area contributed by atoms with Gasteiger partial charge in [0.1, 0.15) is 0 Å². The first kappa shape index (κ1) is 8.78. The molecular formula is C8H17NOSi. The molecular weight excluding hydrogens is 154 g/mol. The average Bonchev–Trinajstić information content (AvgIpc) is 1.86. The maximum Gasteiger partial charge on any atom is 0.220 e. The van der Waals surface area contributed by atoms with Crippen LogP contribution in [0.15, 0.2) is 0 Å². The van der Waals surface area contributed by atoms with Crippen molar-refractivity contribution in [2.24, 2.45) is 0 Å². The van der Waals surface area contributed by atoms with Gasteiger partial charge in [-0.25, -0.2) is 0 Å². The monoisotopic (exact) mass is 171 g/mol. The summed E-state index contributed by atoms with van der Waals surface area (Å²) in [4.78, 5) is 11.4. The van der Waals surface area contributed by atoms with Crippen LogP contribution in [0.2, 0.25) is 25.2 Å². The molecule has 1 aliphatic heterocycles. The minimum Gasteiger partial charge on any atom is -0.356 e. The number of hydrogen-bond acceptors (Lipinski definition) is 1. The van der Waals surface area contributed by atoms with Crippen molar-refractivity contribution in [1.82, 2.24) is 5.32 Å². The van der Waals surface area contributed by atoms with E-state index in [1.807, 2.05) is 0 Å². The average molecular weight is 171 g/mol. The lowest BCUT2D eigenvalue weighted by molar-refractivity contribution is -0.122. The van der Waals surface area contributed by atoms with E-state index in [4.69, 9.17) is 0 Å². The van der Waals surface area contributed by atoms with E-state index in [1.165, 1.54) is 6.42 Å². The number of carbonyl (C=O) groups is 1. The van der Waals surface area contributed by atoms with Crippen molar-refractivity contribution in [3.8, 4) is 0 Å². The predicted molar refractivity (Wildman–Crippen MR) is 49.3 cm³/mol. The van der Waals surface area contributed by atoms with Crippen molar-refractivity contribution in [2.45, 2.75) is 38.0 Å². The molecule has 0 aromatic carbocycles. The van der Waals surface area contributed by atoms with Gasteiger partial charge in [-0.1, -0.05) is 19.6 Å². The standard InChI is InChI=1S/C8H17NOSi/c1-11(2,3)7-5-4-6-9-8(7)10/h7H,4-6H2,1-3H3,(H,9,10). The third kappa shape index (κ3) is 2.06. The van der Waals surface area contributed by atoms with Crippen LogP contribution in [0.3, 0.4) is 0 Å². The number of carbonyl (C=O) groups excluding carboxylic acids is 1. The van der Waals surface area contributed by atoms with Crippen LogP contribution in [0.5, 0.6) is 0 Å². The number of nitrogens with one attached hydrogen (secondary N) is 1. The molecule has 1 saturated heterocycles. The summed E-state index contributed by atoms with van der Waals surface area (Å²) in [5.74, 6) is 0.301. The molecule has 0 spiro atoms. The molecule has 1 fully saturated rings. The largest absolute Gasteiger partial charge is 0.356 e. The van der Waals surface area contributed by atoms with Crippen LogP contribution >= 0.6 is 0 Å². The van der Waals surface area contributed by atoms with Crippen LogP contribution in [0.1, 0.15) is 12.8 Å². The van der Waals surface area contributed by atoms with E-state index in [0.29, 0.717) is 11.4 Å². The Morgan fingerprint density at radius 1 is 1.45 bits per heavy atom. The second kappa shape index (κ2) is 2.97. The Balaban J connectivity index is 2.62. The van der Waals surface area contributed by atoms with Gasteiger partial charge in [-0.15, -0.1) is 0 Å². The lowest BCUT2D eigenvalue weighted by Crippen LogP contribution is -2.44. The van der Waals surface area contributed by atoms with Gasteiger partial charge in [-0.3, -0.25) is 4.79 Å². The van der Waals surface area contributed by atoms with Gasteiger partial charge in [-0.2, -0.15) is 0 Å². The van der Waals surface area contributed by atoms with Crippen LogP contribution in [0.25, 0.3) is 0 Å². The molecule has 1 rings (SSSR count). The molecule has 1 amide bonds. The highest BCUT2D eigenvalue weighted by atomic mass is 28.3. The van der Waals surface area contributed by atoms with Crippen molar-refractivity contribution < 1.29 is 4.79 Å². The molecule has 0 aromatic heterocycles. The van der Waals surface area contributed by atoms with Gasteiger partial charge in [0.15, 0.2) is 0 Å². The Kier molecular flexibility index (Phi) is 2.37. The minimum absolute atomic E-state index is 0.301. The van der Waals surface area contributed by atoms with E-state index in [2.05, 4.69) is 25.0 Å². The van der Waals surface area contributed by atoms with Crippen molar-refractivity contribution in [2.75, 3.05) is 6.54 Å². The molecule has 1 unspecified atom stereocenters. The Morgan fingerprint density at radius 3 is 2.45 bits per heavy atom. The van der Waals surface area contributed by atoms with Gasteiger partial charge in [0, 0.05) is 12.1 Å². The summed E-state index contributed by atoms with van der Waals surface area (Å²) in [7, 11) is -1.23. The van der Waals surface area contributed by atoms with Gasteiger partial charge in [0.2, 0.25) is 5.91 Å². The molecule has 0 radical (unpaired) electrons. The summed E-state index contributed by atoms with van der Waals surface area (Å²) in [5.41, 5.74) is 0.358. The molecule has 11 heavy (non-hydrogen) atoms. The van der Waals surface area contributed by atoms with Gasteiger partial charge < -0.3 is 5.32 Å². The molecule has 0 aromatic rings. The summed E-state index contributed by atoms with van der Waals surface area (Å²) in [6.07, 6.45) is 2.28. The summed E-state index contributed by atoms with van der Waals surface area (Å²) in [6, 6.07) is 0. The quantitative estimate of drug-likeness (QED) is 0.597.